The van der Waals surface area contributed by atoms with Crippen molar-refractivity contribution < 1.29 is 0 Å². The summed E-state index contributed by atoms with van der Waals surface area (Å²) in [5, 5.41) is 0. The Morgan fingerprint density at radius 1 is 0.276 bits per heavy atom. The topological polar surface area (TPSA) is 0 Å². The van der Waals surface area contributed by atoms with Crippen molar-refractivity contribution in [2.45, 2.75) is 552 Å². The normalized spacial score (nSPS) is 19.1. The van der Waals surface area contributed by atoms with Gasteiger partial charge in [-0.3, -0.25) is 0 Å². The summed E-state index contributed by atoms with van der Waals surface area (Å²) in [6.07, 6.45) is 46.6. The van der Waals surface area contributed by atoms with Gasteiger partial charge in [0.1, 0.15) is 0 Å². The second-order valence-electron chi connectivity index (χ2n) is 49.0. The molecule has 0 aromatic rings. The van der Waals surface area contributed by atoms with Crippen LogP contribution in [0.3, 0.4) is 0 Å². The smallest absolute Gasteiger partial charge is 0.0257 e. The van der Waals surface area contributed by atoms with Crippen molar-refractivity contribution in [2.24, 2.45) is 130 Å². The summed E-state index contributed by atoms with van der Waals surface area (Å²) in [5.41, 5.74) is 6.55. The van der Waals surface area contributed by atoms with E-state index >= 15 is 0 Å². The highest BCUT2D eigenvalue weighted by atomic mass is 14.5. The summed E-state index contributed by atoms with van der Waals surface area (Å²) in [6, 6.07) is 0. The maximum atomic E-state index is 2.39. The molecular weight excluding hydrogens is 1260 g/mol. The molecule has 0 aliphatic heterocycles. The molecule has 6 aliphatic rings. The van der Waals surface area contributed by atoms with Gasteiger partial charge in [-0.15, -0.1) is 0 Å². The fraction of sp³-hybridized carbons (Fsp3) is 1.00. The van der Waals surface area contributed by atoms with E-state index in [0.29, 0.717) is 70.4 Å². The van der Waals surface area contributed by atoms with E-state index in [4.69, 9.17) is 0 Å². The molecule has 0 nitrogen and oxygen atoms in total. The van der Waals surface area contributed by atoms with Crippen LogP contribution in [0.15, 0.2) is 0 Å². The van der Waals surface area contributed by atoms with Crippen LogP contribution < -0.4 is 0 Å². The Balaban J connectivity index is -0.000000199. The monoisotopic (exact) mass is 1490 g/mol. The zero-order valence-corrected chi connectivity index (χ0v) is 84.9. The molecule has 0 bridgehead atoms. The van der Waals surface area contributed by atoms with Gasteiger partial charge in [0.2, 0.25) is 0 Å². The third-order valence-corrected chi connectivity index (χ3v) is 29.9. The van der Waals surface area contributed by atoms with Crippen molar-refractivity contribution >= 4 is 0 Å². The second kappa shape index (κ2) is 56.3. The first-order chi connectivity index (χ1) is 46.8. The van der Waals surface area contributed by atoms with E-state index < -0.39 is 0 Å². The Labute approximate surface area is 677 Å². The molecule has 644 valence electrons. The average Bonchev–Trinajstić information content (AvgIpc) is 1.15. The lowest BCUT2D eigenvalue weighted by Crippen LogP contribution is -2.41. The molecule has 0 amide bonds. The van der Waals surface area contributed by atoms with Gasteiger partial charge in [-0.1, -0.05) is 513 Å². The van der Waals surface area contributed by atoms with Crippen molar-refractivity contribution in [1.29, 1.82) is 0 Å². The Morgan fingerprint density at radius 2 is 0.514 bits per heavy atom. The van der Waals surface area contributed by atoms with Crippen LogP contribution in [-0.2, 0) is 0 Å². The first-order valence-corrected chi connectivity index (χ1v) is 46.8. The molecule has 0 spiro atoms. The van der Waals surface area contributed by atoms with Gasteiger partial charge in [0.25, 0.3) is 0 Å². The molecule has 0 heteroatoms. The summed E-state index contributed by atoms with van der Waals surface area (Å²) in [7, 11) is 0. The molecule has 0 N–H and O–H groups in total. The molecular formula is C105H224. The molecule has 6 saturated carbocycles. The van der Waals surface area contributed by atoms with Crippen LogP contribution in [0.1, 0.15) is 552 Å². The zero-order valence-electron chi connectivity index (χ0n) is 84.9. The summed E-state index contributed by atoms with van der Waals surface area (Å²) in [4.78, 5) is 0. The maximum absolute atomic E-state index is 2.39. The van der Waals surface area contributed by atoms with Gasteiger partial charge >= 0.3 is 0 Å². The molecule has 0 heterocycles. The van der Waals surface area contributed by atoms with Crippen LogP contribution in [0, 0.1) is 130 Å². The SMILES string of the molecule is CC(C(C)(C)C)C(C)(C)C.CC(C)(C)C(C)(C)C.CC(C)(C)C(C)(C)C(C)(C)C.CC(C)C(C)(C)C.CC(C)C(C)C(C)C.CC1(C)CCCC1.CC1(C)CCCCC1.CC1CCC(C)(C)CC1.CC1CCCCC1.CCC(C)(C)C(C)C.CCC(C)(C)CC.CCC1CCCC1.CCC1CCCCC1. The fourth-order valence-electron chi connectivity index (χ4n) is 12.6. The number of hydrogen-bond acceptors (Lipinski definition) is 0. The third-order valence-electron chi connectivity index (χ3n) is 29.9. The lowest BCUT2D eigenvalue weighted by molar-refractivity contribution is 0.00575. The highest BCUT2D eigenvalue weighted by Crippen LogP contribution is 2.51. The van der Waals surface area contributed by atoms with E-state index in [1.165, 1.54) is 205 Å². The standard InChI is InChI=1S/C11H24.C10H22.C9H18.2C8H16.3C8H18.3C7H14.2C7H16/c1-9(2,3)11(7,8)10(4,5)6;1-8(9(2,3)4)10(5,6)7;1-8-4-6-9(2,3)7-5-8;1-8(2)6-4-3-5-7-8;1-2-8-6-4-3-5-7-8;1-7(2,3)8(4,5)6;1-6-8(4,5)7(2)3;1-6(2)8(5)7(3)4;1-7(2)5-3-4-6-7;1-7-5-3-2-4-6-7;1-2-7-5-3-4-6-7;1-6(2)7(3,4)5;1-5-7(3,4)6-2/h1-8H3;8H,1-7H3;8H,4-7H2,1-3H3;3-7H2,1-2H3;8H,2-7H2,1H3;1-6H3;7H,6H2,1-5H3;6-8H,1-5H3;3-6H2,1-2H3;2*7H,2-6H2,1H3;6H,1-5H3;5-6H2,1-4H3. The van der Waals surface area contributed by atoms with E-state index in [1.54, 1.807) is 0 Å². The zero-order chi connectivity index (χ0) is 84.9. The van der Waals surface area contributed by atoms with Crippen molar-refractivity contribution in [3.05, 3.63) is 0 Å². The molecule has 0 aromatic carbocycles. The fourth-order valence-corrected chi connectivity index (χ4v) is 12.6. The molecule has 0 saturated heterocycles. The molecule has 6 rings (SSSR count). The summed E-state index contributed by atoms with van der Waals surface area (Å²) in [6.45, 7) is 115. The number of hydrogen-bond donors (Lipinski definition) is 0. The third kappa shape index (κ3) is 68.2. The van der Waals surface area contributed by atoms with Crippen LogP contribution in [-0.4, -0.2) is 0 Å². The van der Waals surface area contributed by atoms with Gasteiger partial charge in [0, 0.05) is 0 Å². The van der Waals surface area contributed by atoms with Gasteiger partial charge < -0.3 is 0 Å². The van der Waals surface area contributed by atoms with Crippen LogP contribution in [0.2, 0.25) is 0 Å². The van der Waals surface area contributed by atoms with Crippen molar-refractivity contribution in [1.82, 2.24) is 0 Å². The van der Waals surface area contributed by atoms with Crippen LogP contribution in [0.25, 0.3) is 0 Å². The average molecular weight is 1490 g/mol. The Hall–Kier alpha value is 0. The molecule has 105 heavy (non-hydrogen) atoms. The second-order valence-corrected chi connectivity index (χ2v) is 49.0. The summed E-state index contributed by atoms with van der Waals surface area (Å²) >= 11 is 0. The van der Waals surface area contributed by atoms with Gasteiger partial charge in [-0.2, -0.15) is 0 Å². The summed E-state index contributed by atoms with van der Waals surface area (Å²) in [5.74, 6) is 9.15. The predicted molar refractivity (Wildman–Crippen MR) is 498 cm³/mol. The van der Waals surface area contributed by atoms with Crippen LogP contribution in [0.4, 0.5) is 0 Å². The van der Waals surface area contributed by atoms with E-state index in [1.807, 2.05) is 0 Å². The lowest BCUT2D eigenvalue weighted by atomic mass is 9.56. The van der Waals surface area contributed by atoms with Crippen LogP contribution in [0.5, 0.6) is 0 Å². The van der Waals surface area contributed by atoms with Gasteiger partial charge in [0.15, 0.2) is 0 Å². The van der Waals surface area contributed by atoms with E-state index in [-0.39, 0.29) is 0 Å². The Morgan fingerprint density at radius 3 is 0.610 bits per heavy atom. The first-order valence-electron chi connectivity index (χ1n) is 46.8. The van der Waals surface area contributed by atoms with Crippen LogP contribution >= 0.6 is 0 Å². The van der Waals surface area contributed by atoms with Crippen molar-refractivity contribution in [3.63, 3.8) is 0 Å². The molecule has 0 unspecified atom stereocenters. The highest BCUT2D eigenvalue weighted by Gasteiger charge is 2.42. The first kappa shape index (κ1) is 118. The lowest BCUT2D eigenvalue weighted by Gasteiger charge is -2.49. The minimum absolute atomic E-state index is 0.375. The largest absolute Gasteiger partial charge is 0.0651 e. The predicted octanol–water partition coefficient (Wildman–Crippen LogP) is 39.4. The molecule has 0 atom stereocenters. The van der Waals surface area contributed by atoms with Gasteiger partial charge in [0.05, 0.1) is 0 Å². The number of rotatable bonds is 8. The maximum Gasteiger partial charge on any atom is -0.0257 e. The quantitative estimate of drug-likeness (QED) is 0.227. The van der Waals surface area contributed by atoms with Crippen molar-refractivity contribution in [2.75, 3.05) is 0 Å². The van der Waals surface area contributed by atoms with E-state index in [9.17, 15) is 0 Å². The molecule has 0 radical (unpaired) electrons. The minimum atomic E-state index is 0.375. The van der Waals surface area contributed by atoms with Gasteiger partial charge in [-0.05, 0) is 168 Å². The molecule has 6 aliphatic carbocycles. The molecule has 6 fully saturated rings. The van der Waals surface area contributed by atoms with Crippen molar-refractivity contribution in [3.8, 4) is 0 Å². The minimum Gasteiger partial charge on any atom is -0.0651 e. The highest BCUT2D eigenvalue weighted by molar-refractivity contribution is 4.92. The molecule has 0 aromatic heterocycles. The summed E-state index contributed by atoms with van der Waals surface area (Å²) < 4.78 is 0. The Kier molecular flexibility index (Phi) is 63.4. The van der Waals surface area contributed by atoms with Gasteiger partial charge in [-0.25, -0.2) is 0 Å². The Bertz CT molecular complexity index is 1790. The van der Waals surface area contributed by atoms with E-state index in [2.05, 4.69) is 346 Å². The van der Waals surface area contributed by atoms with E-state index in [0.717, 1.165) is 59.2 Å².